The molecule has 142 valence electrons. The van der Waals surface area contributed by atoms with Crippen molar-refractivity contribution in [1.82, 2.24) is 0 Å². The third kappa shape index (κ3) is 7.76. The Morgan fingerprint density at radius 3 is 1.38 bits per heavy atom. The van der Waals surface area contributed by atoms with Gasteiger partial charge in [0.1, 0.15) is 11.5 Å². The summed E-state index contributed by atoms with van der Waals surface area (Å²) in [5, 5.41) is 0. The minimum atomic E-state index is -1.98. The molecule has 26 heavy (non-hydrogen) atoms. The van der Waals surface area contributed by atoms with Gasteiger partial charge in [-0.15, -0.1) is 0 Å². The lowest BCUT2D eigenvalue weighted by Gasteiger charge is -2.13. The van der Waals surface area contributed by atoms with E-state index in [0.717, 1.165) is 12.8 Å². The third-order valence-electron chi connectivity index (χ3n) is 4.35. The Labute approximate surface area is 159 Å². The predicted molar refractivity (Wildman–Crippen MR) is 110 cm³/mol. The van der Waals surface area contributed by atoms with Gasteiger partial charge in [0.25, 0.3) is 0 Å². The molecule has 0 heterocycles. The second kappa shape index (κ2) is 11.9. The zero-order chi connectivity index (χ0) is 18.6. The number of aryl methyl sites for hydroxylation is 2. The van der Waals surface area contributed by atoms with Gasteiger partial charge in [0.2, 0.25) is 0 Å². The van der Waals surface area contributed by atoms with Crippen LogP contribution in [0.15, 0.2) is 48.5 Å². The molecular weight excluding hydrogens is 343 g/mol. The van der Waals surface area contributed by atoms with Crippen molar-refractivity contribution >= 4 is 8.60 Å². The molecule has 0 aliphatic heterocycles. The van der Waals surface area contributed by atoms with E-state index in [1.54, 1.807) is 0 Å². The van der Waals surface area contributed by atoms with Crippen LogP contribution in [0.5, 0.6) is 11.5 Å². The Morgan fingerprint density at radius 1 is 0.654 bits per heavy atom. The van der Waals surface area contributed by atoms with Crippen LogP contribution < -0.4 is 9.05 Å². The normalized spacial score (nSPS) is 10.9. The molecule has 0 aliphatic carbocycles. The fraction of sp³-hybridized carbons (Fsp3) is 0.455. The number of benzene rings is 2. The Kier molecular flexibility index (Phi) is 9.52. The van der Waals surface area contributed by atoms with Crippen LogP contribution in [0.2, 0.25) is 0 Å². The first-order valence-electron chi connectivity index (χ1n) is 9.74. The molecular formula is C22H31O3P. The van der Waals surface area contributed by atoms with Crippen LogP contribution in [0.3, 0.4) is 0 Å². The summed E-state index contributed by atoms with van der Waals surface area (Å²) in [7, 11) is -1.98. The SMILES string of the molecule is CCCCCc1ccc(OP(O)Oc2ccc(CCCCC)cc2)cc1. The minimum Gasteiger partial charge on any atom is -0.418 e. The predicted octanol–water partition coefficient (Wildman–Crippen LogP) is 6.83. The zero-order valence-corrected chi connectivity index (χ0v) is 16.9. The fourth-order valence-electron chi connectivity index (χ4n) is 2.79. The average molecular weight is 374 g/mol. The first kappa shape index (κ1) is 20.7. The maximum absolute atomic E-state index is 10.1. The monoisotopic (exact) mass is 374 g/mol. The van der Waals surface area contributed by atoms with Gasteiger partial charge in [-0.1, -0.05) is 63.8 Å². The first-order valence-corrected chi connectivity index (χ1v) is 10.9. The van der Waals surface area contributed by atoms with Crippen molar-refractivity contribution in [2.45, 2.75) is 65.2 Å². The third-order valence-corrected chi connectivity index (χ3v) is 5.09. The molecule has 2 aromatic rings. The molecule has 0 radical (unpaired) electrons. The van der Waals surface area contributed by atoms with Crippen LogP contribution in [0.1, 0.15) is 63.5 Å². The smallest absolute Gasteiger partial charge is 0.418 e. The van der Waals surface area contributed by atoms with Gasteiger partial charge < -0.3 is 13.9 Å². The molecule has 2 rings (SSSR count). The van der Waals surface area contributed by atoms with Gasteiger partial charge in [-0.25, -0.2) is 0 Å². The topological polar surface area (TPSA) is 38.7 Å². The molecule has 0 saturated heterocycles. The second-order valence-electron chi connectivity index (χ2n) is 6.62. The van der Waals surface area contributed by atoms with E-state index in [-0.39, 0.29) is 0 Å². The van der Waals surface area contributed by atoms with E-state index in [0.29, 0.717) is 11.5 Å². The summed E-state index contributed by atoms with van der Waals surface area (Å²) >= 11 is 0. The lowest BCUT2D eigenvalue weighted by molar-refractivity contribution is 0.381. The molecule has 0 aromatic heterocycles. The number of hydrogen-bond donors (Lipinski definition) is 1. The molecule has 0 saturated carbocycles. The van der Waals surface area contributed by atoms with Gasteiger partial charge in [-0.05, 0) is 61.1 Å². The number of hydrogen-bond acceptors (Lipinski definition) is 3. The highest BCUT2D eigenvalue weighted by Crippen LogP contribution is 2.36. The molecule has 0 spiro atoms. The van der Waals surface area contributed by atoms with Crippen molar-refractivity contribution < 1.29 is 13.9 Å². The van der Waals surface area contributed by atoms with Gasteiger partial charge in [0.15, 0.2) is 0 Å². The molecule has 2 aromatic carbocycles. The van der Waals surface area contributed by atoms with E-state index in [1.807, 2.05) is 24.3 Å². The van der Waals surface area contributed by atoms with E-state index < -0.39 is 8.60 Å². The molecule has 0 amide bonds. The van der Waals surface area contributed by atoms with Gasteiger partial charge in [-0.3, -0.25) is 0 Å². The zero-order valence-electron chi connectivity index (χ0n) is 16.0. The van der Waals surface area contributed by atoms with Gasteiger partial charge in [-0.2, -0.15) is 0 Å². The van der Waals surface area contributed by atoms with E-state index in [2.05, 4.69) is 38.1 Å². The summed E-state index contributed by atoms with van der Waals surface area (Å²) < 4.78 is 11.0. The summed E-state index contributed by atoms with van der Waals surface area (Å²) in [6.07, 6.45) is 9.56. The quantitative estimate of drug-likeness (QED) is 0.327. The minimum absolute atomic E-state index is 0.633. The van der Waals surface area contributed by atoms with Crippen molar-refractivity contribution in [2.24, 2.45) is 0 Å². The summed E-state index contributed by atoms with van der Waals surface area (Å²) in [5.41, 5.74) is 2.60. The summed E-state index contributed by atoms with van der Waals surface area (Å²) in [6.45, 7) is 4.42. The van der Waals surface area contributed by atoms with Crippen LogP contribution in [-0.4, -0.2) is 4.89 Å². The van der Waals surface area contributed by atoms with Crippen LogP contribution in [0, 0.1) is 0 Å². The first-order chi connectivity index (χ1) is 12.7. The Balaban J connectivity index is 1.77. The van der Waals surface area contributed by atoms with Crippen molar-refractivity contribution in [3.8, 4) is 11.5 Å². The Bertz CT molecular complexity index is 555. The Hall–Kier alpha value is -1.57. The fourth-order valence-corrected chi connectivity index (χ4v) is 3.43. The van der Waals surface area contributed by atoms with Crippen LogP contribution in [-0.2, 0) is 12.8 Å². The van der Waals surface area contributed by atoms with Crippen molar-refractivity contribution in [2.75, 3.05) is 0 Å². The highest BCUT2D eigenvalue weighted by Gasteiger charge is 2.11. The molecule has 0 unspecified atom stereocenters. The van der Waals surface area contributed by atoms with Crippen LogP contribution in [0.25, 0.3) is 0 Å². The molecule has 3 nitrogen and oxygen atoms in total. The second-order valence-corrected chi connectivity index (χ2v) is 7.46. The molecule has 1 N–H and O–H groups in total. The highest BCUT2D eigenvalue weighted by molar-refractivity contribution is 7.41. The van der Waals surface area contributed by atoms with Crippen molar-refractivity contribution in [1.29, 1.82) is 0 Å². The van der Waals surface area contributed by atoms with Crippen molar-refractivity contribution in [3.05, 3.63) is 59.7 Å². The maximum atomic E-state index is 10.1. The summed E-state index contributed by atoms with van der Waals surface area (Å²) in [6, 6.07) is 15.8. The lowest BCUT2D eigenvalue weighted by Crippen LogP contribution is -1.95. The Morgan fingerprint density at radius 2 is 1.04 bits per heavy atom. The molecule has 0 fully saturated rings. The standard InChI is InChI=1S/C22H31O3P/c1-3-5-7-9-19-11-15-21(16-12-19)24-26(23)25-22-17-13-20(14-18-22)10-8-6-4-2/h11-18,23H,3-10H2,1-2H3. The molecule has 0 bridgehead atoms. The van der Waals surface area contributed by atoms with Crippen molar-refractivity contribution in [3.63, 3.8) is 0 Å². The van der Waals surface area contributed by atoms with Crippen LogP contribution in [0.4, 0.5) is 0 Å². The average Bonchev–Trinajstić information content (AvgIpc) is 2.65. The van der Waals surface area contributed by atoms with Gasteiger partial charge in [0.05, 0.1) is 0 Å². The van der Waals surface area contributed by atoms with Gasteiger partial charge in [0, 0.05) is 0 Å². The summed E-state index contributed by atoms with van der Waals surface area (Å²) in [5.74, 6) is 1.27. The lowest BCUT2D eigenvalue weighted by atomic mass is 10.1. The van der Waals surface area contributed by atoms with E-state index in [4.69, 9.17) is 9.05 Å². The van der Waals surface area contributed by atoms with E-state index in [9.17, 15) is 4.89 Å². The molecule has 0 atom stereocenters. The number of rotatable bonds is 12. The van der Waals surface area contributed by atoms with E-state index >= 15 is 0 Å². The molecule has 0 aliphatic rings. The number of unbranched alkanes of at least 4 members (excludes halogenated alkanes) is 4. The highest BCUT2D eigenvalue weighted by atomic mass is 31.2. The van der Waals surface area contributed by atoms with Gasteiger partial charge >= 0.3 is 8.60 Å². The molecule has 4 heteroatoms. The summed E-state index contributed by atoms with van der Waals surface area (Å²) in [4.78, 5) is 10.1. The largest absolute Gasteiger partial charge is 0.460 e. The van der Waals surface area contributed by atoms with Crippen LogP contribution >= 0.6 is 8.60 Å². The maximum Gasteiger partial charge on any atom is 0.460 e. The van der Waals surface area contributed by atoms with E-state index in [1.165, 1.54) is 49.7 Å².